The first-order chi connectivity index (χ1) is 11.8. The molecular formula is C21H26N2O. The number of carbonyl (C=O) groups excluding carboxylic acids is 1. The fourth-order valence-corrected chi connectivity index (χ4v) is 4.24. The molecule has 2 aromatic carbocycles. The topological polar surface area (TPSA) is 23.6 Å². The highest BCUT2D eigenvalue weighted by atomic mass is 16.2. The average Bonchev–Trinajstić information content (AvgIpc) is 2.68. The zero-order chi connectivity index (χ0) is 16.4. The van der Waals surface area contributed by atoms with E-state index in [-0.39, 0.29) is 5.91 Å². The lowest BCUT2D eigenvalue weighted by molar-refractivity contribution is 0.0523. The van der Waals surface area contributed by atoms with E-state index in [4.69, 9.17) is 0 Å². The predicted octanol–water partition coefficient (Wildman–Crippen LogP) is 3.93. The number of carbonyl (C=O) groups is 1. The molecule has 24 heavy (non-hydrogen) atoms. The second kappa shape index (κ2) is 6.94. The van der Waals surface area contributed by atoms with Gasteiger partial charge in [0.05, 0.1) is 0 Å². The van der Waals surface area contributed by atoms with E-state index < -0.39 is 0 Å². The van der Waals surface area contributed by atoms with Gasteiger partial charge in [0.2, 0.25) is 0 Å². The molecule has 0 atom stereocenters. The van der Waals surface area contributed by atoms with Gasteiger partial charge < -0.3 is 4.90 Å². The molecule has 1 heterocycles. The summed E-state index contributed by atoms with van der Waals surface area (Å²) in [5.41, 5.74) is 0.819. The van der Waals surface area contributed by atoms with Gasteiger partial charge in [0.25, 0.3) is 5.91 Å². The quantitative estimate of drug-likeness (QED) is 0.836. The van der Waals surface area contributed by atoms with Crippen LogP contribution in [0.15, 0.2) is 42.5 Å². The van der Waals surface area contributed by atoms with Crippen molar-refractivity contribution in [2.45, 2.75) is 38.1 Å². The number of nitrogens with zero attached hydrogens (tertiary/aromatic N) is 2. The predicted molar refractivity (Wildman–Crippen MR) is 98.3 cm³/mol. The molecule has 0 aromatic heterocycles. The van der Waals surface area contributed by atoms with E-state index in [0.717, 1.165) is 43.2 Å². The van der Waals surface area contributed by atoms with Crippen LogP contribution in [-0.4, -0.2) is 47.9 Å². The third kappa shape index (κ3) is 3.18. The van der Waals surface area contributed by atoms with E-state index in [1.165, 1.54) is 37.5 Å². The van der Waals surface area contributed by atoms with Crippen molar-refractivity contribution in [3.8, 4) is 0 Å². The summed E-state index contributed by atoms with van der Waals surface area (Å²) in [5, 5.41) is 2.33. The molecule has 0 spiro atoms. The summed E-state index contributed by atoms with van der Waals surface area (Å²) in [6.45, 7) is 3.79. The van der Waals surface area contributed by atoms with Gasteiger partial charge in [0, 0.05) is 37.8 Å². The van der Waals surface area contributed by atoms with Crippen LogP contribution in [0.1, 0.15) is 42.5 Å². The zero-order valence-electron chi connectivity index (χ0n) is 14.3. The Morgan fingerprint density at radius 2 is 1.54 bits per heavy atom. The molecule has 0 unspecified atom stereocenters. The number of hydrogen-bond acceptors (Lipinski definition) is 2. The van der Waals surface area contributed by atoms with Gasteiger partial charge in [-0.15, -0.1) is 0 Å². The normalized spacial score (nSPS) is 20.4. The van der Waals surface area contributed by atoms with Gasteiger partial charge in [-0.2, -0.15) is 0 Å². The summed E-state index contributed by atoms with van der Waals surface area (Å²) < 4.78 is 0. The van der Waals surface area contributed by atoms with Crippen LogP contribution in [0.5, 0.6) is 0 Å². The third-order valence-electron chi connectivity index (χ3n) is 5.69. The van der Waals surface area contributed by atoms with Gasteiger partial charge in [0.15, 0.2) is 0 Å². The molecular weight excluding hydrogens is 296 g/mol. The summed E-state index contributed by atoms with van der Waals surface area (Å²) >= 11 is 0. The standard InChI is InChI=1S/C21H26N2O/c24-21(19-11-10-17-6-4-5-7-18(17)16-19)23-14-12-22(13-15-23)20-8-2-1-3-9-20/h4-7,10-11,16,20H,1-3,8-9,12-15H2. The molecule has 0 N–H and O–H groups in total. The van der Waals surface area contributed by atoms with Crippen LogP contribution >= 0.6 is 0 Å². The van der Waals surface area contributed by atoms with Crippen molar-refractivity contribution in [3.05, 3.63) is 48.0 Å². The Kier molecular flexibility index (Phi) is 4.52. The summed E-state index contributed by atoms with van der Waals surface area (Å²) in [7, 11) is 0. The molecule has 1 aliphatic heterocycles. The van der Waals surface area contributed by atoms with E-state index in [0.29, 0.717) is 0 Å². The molecule has 126 valence electrons. The number of amides is 1. The van der Waals surface area contributed by atoms with Crippen molar-refractivity contribution in [2.75, 3.05) is 26.2 Å². The molecule has 2 fully saturated rings. The number of piperazine rings is 1. The molecule has 1 saturated heterocycles. The molecule has 2 aromatic rings. The molecule has 3 nitrogen and oxygen atoms in total. The van der Waals surface area contributed by atoms with Crippen LogP contribution in [0.3, 0.4) is 0 Å². The lowest BCUT2D eigenvalue weighted by Gasteiger charge is -2.40. The SMILES string of the molecule is O=C(c1ccc2ccccc2c1)N1CCN(C2CCCCC2)CC1. The Balaban J connectivity index is 1.41. The second-order valence-corrected chi connectivity index (χ2v) is 7.18. The van der Waals surface area contributed by atoms with E-state index in [1.807, 2.05) is 29.2 Å². The Morgan fingerprint density at radius 3 is 2.29 bits per heavy atom. The lowest BCUT2D eigenvalue weighted by atomic mass is 9.94. The van der Waals surface area contributed by atoms with E-state index >= 15 is 0 Å². The molecule has 2 aliphatic rings. The van der Waals surface area contributed by atoms with Gasteiger partial charge in [0.1, 0.15) is 0 Å². The second-order valence-electron chi connectivity index (χ2n) is 7.18. The van der Waals surface area contributed by atoms with Gasteiger partial charge in [-0.25, -0.2) is 0 Å². The monoisotopic (exact) mass is 322 g/mol. The maximum absolute atomic E-state index is 12.8. The van der Waals surface area contributed by atoms with Gasteiger partial charge in [-0.1, -0.05) is 49.6 Å². The minimum atomic E-state index is 0.184. The lowest BCUT2D eigenvalue weighted by Crippen LogP contribution is -2.52. The Hall–Kier alpha value is -1.87. The smallest absolute Gasteiger partial charge is 0.253 e. The largest absolute Gasteiger partial charge is 0.336 e. The first kappa shape index (κ1) is 15.6. The van der Waals surface area contributed by atoms with Crippen molar-refractivity contribution in [2.24, 2.45) is 0 Å². The van der Waals surface area contributed by atoms with Crippen LogP contribution in [0.4, 0.5) is 0 Å². The fourth-order valence-electron chi connectivity index (χ4n) is 4.24. The highest BCUT2D eigenvalue weighted by molar-refractivity contribution is 5.98. The van der Waals surface area contributed by atoms with Crippen molar-refractivity contribution in [1.29, 1.82) is 0 Å². The first-order valence-electron chi connectivity index (χ1n) is 9.33. The van der Waals surface area contributed by atoms with Gasteiger partial charge in [-0.05, 0) is 35.7 Å². The summed E-state index contributed by atoms with van der Waals surface area (Å²) in [6, 6.07) is 15.1. The summed E-state index contributed by atoms with van der Waals surface area (Å²) in [5.74, 6) is 0.184. The summed E-state index contributed by atoms with van der Waals surface area (Å²) in [6.07, 6.45) is 6.84. The molecule has 4 rings (SSSR count). The van der Waals surface area contributed by atoms with Crippen molar-refractivity contribution in [1.82, 2.24) is 9.80 Å². The van der Waals surface area contributed by atoms with E-state index in [1.54, 1.807) is 0 Å². The Labute approximate surface area is 144 Å². The van der Waals surface area contributed by atoms with Gasteiger partial charge >= 0.3 is 0 Å². The van der Waals surface area contributed by atoms with Crippen molar-refractivity contribution in [3.63, 3.8) is 0 Å². The summed E-state index contributed by atoms with van der Waals surface area (Å²) in [4.78, 5) is 17.5. The van der Waals surface area contributed by atoms with Crippen LogP contribution in [0.2, 0.25) is 0 Å². The first-order valence-corrected chi connectivity index (χ1v) is 9.33. The van der Waals surface area contributed by atoms with Crippen LogP contribution < -0.4 is 0 Å². The molecule has 0 radical (unpaired) electrons. The van der Waals surface area contributed by atoms with Crippen LogP contribution in [-0.2, 0) is 0 Å². The molecule has 3 heteroatoms. The minimum Gasteiger partial charge on any atom is -0.336 e. The number of hydrogen-bond donors (Lipinski definition) is 0. The van der Waals surface area contributed by atoms with E-state index in [9.17, 15) is 4.79 Å². The van der Waals surface area contributed by atoms with Crippen molar-refractivity contribution >= 4 is 16.7 Å². The maximum Gasteiger partial charge on any atom is 0.253 e. The Morgan fingerprint density at radius 1 is 0.833 bits per heavy atom. The Bertz CT molecular complexity index is 713. The van der Waals surface area contributed by atoms with Crippen molar-refractivity contribution < 1.29 is 4.79 Å². The maximum atomic E-state index is 12.8. The minimum absolute atomic E-state index is 0.184. The molecule has 1 amide bonds. The zero-order valence-corrected chi connectivity index (χ0v) is 14.3. The van der Waals surface area contributed by atoms with E-state index in [2.05, 4.69) is 23.1 Å². The fraction of sp³-hybridized carbons (Fsp3) is 0.476. The molecule has 1 saturated carbocycles. The number of rotatable bonds is 2. The third-order valence-corrected chi connectivity index (χ3v) is 5.69. The average molecular weight is 322 g/mol. The highest BCUT2D eigenvalue weighted by Gasteiger charge is 2.27. The number of fused-ring (bicyclic) bond motifs is 1. The van der Waals surface area contributed by atoms with Gasteiger partial charge in [-0.3, -0.25) is 9.69 Å². The van der Waals surface area contributed by atoms with Crippen LogP contribution in [0.25, 0.3) is 10.8 Å². The number of benzene rings is 2. The molecule has 0 bridgehead atoms. The highest BCUT2D eigenvalue weighted by Crippen LogP contribution is 2.24. The molecule has 1 aliphatic carbocycles. The van der Waals surface area contributed by atoms with Crippen LogP contribution in [0, 0.1) is 0 Å².